The molecule has 116 valence electrons. The lowest BCUT2D eigenvalue weighted by Gasteiger charge is -2.21. The first-order chi connectivity index (χ1) is 11.1. The molecule has 2 aliphatic heterocycles. The van der Waals surface area contributed by atoms with Crippen LogP contribution in [-0.2, 0) is 9.53 Å². The molecule has 0 radical (unpaired) electrons. The topological polar surface area (TPSA) is 42.1 Å². The van der Waals surface area contributed by atoms with Crippen molar-refractivity contribution in [3.05, 3.63) is 65.7 Å². The molecule has 1 amide bonds. The summed E-state index contributed by atoms with van der Waals surface area (Å²) in [6, 6.07) is 13.5. The van der Waals surface area contributed by atoms with Crippen LogP contribution in [0, 0.1) is 13.8 Å². The number of anilines is 1. The Bertz CT molecular complexity index is 795. The van der Waals surface area contributed by atoms with Gasteiger partial charge in [-0.15, -0.1) is 0 Å². The zero-order valence-electron chi connectivity index (χ0n) is 13.0. The summed E-state index contributed by atoms with van der Waals surface area (Å²) < 4.78 is 11.4. The molecular weight excluding hydrogens is 290 g/mol. The molecule has 0 bridgehead atoms. The number of hydrogen-bond acceptors (Lipinski definition) is 3. The van der Waals surface area contributed by atoms with Crippen LogP contribution in [-0.4, -0.2) is 18.2 Å². The molecule has 0 saturated carbocycles. The molecular formula is C19H17NO3. The fourth-order valence-corrected chi connectivity index (χ4v) is 2.76. The van der Waals surface area contributed by atoms with Crippen LogP contribution in [0.5, 0.6) is 11.5 Å². The van der Waals surface area contributed by atoms with Crippen LogP contribution in [0.4, 0.5) is 5.69 Å². The number of carbonyl (C=O) groups excluding carboxylic acids is 1. The van der Waals surface area contributed by atoms with Gasteiger partial charge in [-0.2, -0.15) is 0 Å². The molecule has 2 unspecified atom stereocenters. The summed E-state index contributed by atoms with van der Waals surface area (Å²) in [5.41, 5.74) is 3.14. The maximum absolute atomic E-state index is 12.0. The Morgan fingerprint density at radius 3 is 2.65 bits per heavy atom. The molecule has 1 saturated heterocycles. The van der Waals surface area contributed by atoms with Gasteiger partial charge < -0.3 is 9.47 Å². The van der Waals surface area contributed by atoms with E-state index >= 15 is 0 Å². The summed E-state index contributed by atoms with van der Waals surface area (Å²) in [6.45, 7) is 4.11. The van der Waals surface area contributed by atoms with Crippen LogP contribution in [0.3, 0.4) is 0 Å². The van der Waals surface area contributed by atoms with Gasteiger partial charge in [-0.05, 0) is 61.4 Å². The van der Waals surface area contributed by atoms with Crippen molar-refractivity contribution in [2.45, 2.75) is 26.2 Å². The summed E-state index contributed by atoms with van der Waals surface area (Å²) in [4.78, 5) is 13.7. The molecule has 4 heteroatoms. The number of aryl methyl sites for hydroxylation is 1. The van der Waals surface area contributed by atoms with E-state index in [2.05, 4.69) is 13.0 Å². The number of benzene rings is 2. The summed E-state index contributed by atoms with van der Waals surface area (Å²) >= 11 is 0. The lowest BCUT2D eigenvalue weighted by molar-refractivity contribution is -0.114. The Kier molecular flexibility index (Phi) is 3.20. The van der Waals surface area contributed by atoms with Crippen molar-refractivity contribution in [2.24, 2.45) is 0 Å². The molecule has 1 fully saturated rings. The minimum Gasteiger partial charge on any atom is -0.457 e. The highest BCUT2D eigenvalue weighted by molar-refractivity contribution is 6.03. The van der Waals surface area contributed by atoms with Crippen LogP contribution in [0.15, 0.2) is 54.6 Å². The fourth-order valence-electron chi connectivity index (χ4n) is 2.76. The van der Waals surface area contributed by atoms with E-state index in [4.69, 9.17) is 9.47 Å². The van der Waals surface area contributed by atoms with E-state index in [1.165, 1.54) is 5.56 Å². The van der Waals surface area contributed by atoms with Crippen LogP contribution < -0.4 is 9.64 Å². The summed E-state index contributed by atoms with van der Waals surface area (Å²) in [7, 11) is 0. The van der Waals surface area contributed by atoms with Gasteiger partial charge in [0.05, 0.1) is 0 Å². The maximum Gasteiger partial charge on any atom is 0.252 e. The van der Waals surface area contributed by atoms with Crippen molar-refractivity contribution in [1.29, 1.82) is 0 Å². The Balaban J connectivity index is 1.55. The van der Waals surface area contributed by atoms with Crippen molar-refractivity contribution >= 4 is 11.6 Å². The molecule has 0 N–H and O–H groups in total. The van der Waals surface area contributed by atoms with Crippen molar-refractivity contribution in [1.82, 2.24) is 0 Å². The minimum atomic E-state index is -0.154. The maximum atomic E-state index is 12.0. The van der Waals surface area contributed by atoms with E-state index in [1.54, 1.807) is 11.0 Å². The first-order valence-corrected chi connectivity index (χ1v) is 7.64. The van der Waals surface area contributed by atoms with Crippen LogP contribution in [0.2, 0.25) is 0 Å². The third-order valence-corrected chi connectivity index (χ3v) is 4.32. The normalized spacial score (nSPS) is 22.0. The molecule has 0 spiro atoms. The number of ether oxygens (including phenoxy) is 2. The highest BCUT2D eigenvalue weighted by atomic mass is 16.6. The highest BCUT2D eigenvalue weighted by Gasteiger charge is 2.47. The van der Waals surface area contributed by atoms with E-state index < -0.39 is 0 Å². The second-order valence-electron chi connectivity index (χ2n) is 5.85. The monoisotopic (exact) mass is 307 g/mol. The molecule has 2 heterocycles. The number of rotatable bonds is 3. The van der Waals surface area contributed by atoms with Crippen LogP contribution >= 0.6 is 0 Å². The number of carbonyl (C=O) groups is 1. The predicted octanol–water partition coefficient (Wildman–Crippen LogP) is 3.72. The summed E-state index contributed by atoms with van der Waals surface area (Å²) in [5, 5.41) is 0. The van der Waals surface area contributed by atoms with Gasteiger partial charge in [0.15, 0.2) is 6.23 Å². The molecule has 0 aliphatic carbocycles. The molecule has 4 rings (SSSR count). The highest BCUT2D eigenvalue weighted by Crippen LogP contribution is 2.36. The average Bonchev–Trinajstić information content (AvgIpc) is 3.32. The number of fused-ring (bicyclic) bond motifs is 1. The molecule has 2 atom stereocenters. The van der Waals surface area contributed by atoms with E-state index in [9.17, 15) is 4.79 Å². The fraction of sp³-hybridized carbons (Fsp3) is 0.211. The second kappa shape index (κ2) is 5.25. The lowest BCUT2D eigenvalue weighted by Crippen LogP contribution is -2.35. The van der Waals surface area contributed by atoms with E-state index in [0.29, 0.717) is 0 Å². The van der Waals surface area contributed by atoms with Crippen molar-refractivity contribution in [3.8, 4) is 11.5 Å². The lowest BCUT2D eigenvalue weighted by atomic mass is 10.1. The van der Waals surface area contributed by atoms with Gasteiger partial charge >= 0.3 is 0 Å². The Hall–Kier alpha value is -2.59. The SMILES string of the molecule is Cc1cccc(Oc2ccc(N3C(=O)C=CC4OC43)cc2)c1C. The Labute approximate surface area is 134 Å². The Morgan fingerprint density at radius 2 is 1.87 bits per heavy atom. The number of epoxide rings is 1. The smallest absolute Gasteiger partial charge is 0.252 e. The first kappa shape index (κ1) is 14.0. The van der Waals surface area contributed by atoms with Gasteiger partial charge in [0, 0.05) is 11.8 Å². The molecule has 0 aromatic heterocycles. The number of hydrogen-bond donors (Lipinski definition) is 0. The molecule has 2 aromatic rings. The molecule has 2 aliphatic rings. The predicted molar refractivity (Wildman–Crippen MR) is 87.7 cm³/mol. The third kappa shape index (κ3) is 2.51. The average molecular weight is 307 g/mol. The van der Waals surface area contributed by atoms with Crippen molar-refractivity contribution < 1.29 is 14.3 Å². The van der Waals surface area contributed by atoms with Crippen LogP contribution in [0.25, 0.3) is 0 Å². The summed E-state index contributed by atoms with van der Waals surface area (Å²) in [6.07, 6.45) is 3.26. The minimum absolute atomic E-state index is 0.0403. The van der Waals surface area contributed by atoms with E-state index in [0.717, 1.165) is 22.7 Å². The largest absolute Gasteiger partial charge is 0.457 e. The molecule has 2 aromatic carbocycles. The third-order valence-electron chi connectivity index (χ3n) is 4.32. The van der Waals surface area contributed by atoms with Gasteiger partial charge in [0.25, 0.3) is 5.91 Å². The van der Waals surface area contributed by atoms with Gasteiger partial charge in [-0.3, -0.25) is 9.69 Å². The standard InChI is InChI=1S/C19H17NO3/c1-12-4-3-5-16(13(12)2)22-15-8-6-14(7-9-15)20-18(21)11-10-17-19(20)23-17/h3-11,17,19H,1-2H3. The van der Waals surface area contributed by atoms with Gasteiger partial charge in [-0.25, -0.2) is 0 Å². The first-order valence-electron chi connectivity index (χ1n) is 7.64. The van der Waals surface area contributed by atoms with E-state index in [-0.39, 0.29) is 18.2 Å². The van der Waals surface area contributed by atoms with Gasteiger partial charge in [0.2, 0.25) is 0 Å². The quantitative estimate of drug-likeness (QED) is 0.812. The van der Waals surface area contributed by atoms with Gasteiger partial charge in [-0.1, -0.05) is 12.1 Å². The zero-order chi connectivity index (χ0) is 16.0. The number of amides is 1. The second-order valence-corrected chi connectivity index (χ2v) is 5.85. The Morgan fingerprint density at radius 1 is 1.09 bits per heavy atom. The van der Waals surface area contributed by atoms with E-state index in [1.807, 2.05) is 49.4 Å². The van der Waals surface area contributed by atoms with Crippen molar-refractivity contribution in [3.63, 3.8) is 0 Å². The molecule has 23 heavy (non-hydrogen) atoms. The molecule has 4 nitrogen and oxygen atoms in total. The summed E-state index contributed by atoms with van der Waals surface area (Å²) in [5.74, 6) is 1.54. The van der Waals surface area contributed by atoms with Crippen LogP contribution in [0.1, 0.15) is 11.1 Å². The van der Waals surface area contributed by atoms with Gasteiger partial charge in [0.1, 0.15) is 17.6 Å². The zero-order valence-corrected chi connectivity index (χ0v) is 13.0. The number of nitrogens with zero attached hydrogens (tertiary/aromatic N) is 1. The van der Waals surface area contributed by atoms with Crippen molar-refractivity contribution in [2.75, 3.05) is 4.90 Å².